The fraction of sp³-hybridized carbons (Fsp3) is 0.207. The molecule has 0 unspecified atom stereocenters. The topological polar surface area (TPSA) is 225 Å². The van der Waals surface area contributed by atoms with E-state index in [0.29, 0.717) is 50.0 Å². The molecule has 0 fully saturated rings. The van der Waals surface area contributed by atoms with Gasteiger partial charge in [-0.3, -0.25) is 0 Å². The predicted molar refractivity (Wildman–Crippen MR) is 159 cm³/mol. The van der Waals surface area contributed by atoms with Crippen LogP contribution >= 0.6 is 11.3 Å². The highest BCUT2D eigenvalue weighted by Gasteiger charge is 2.21. The maximum absolute atomic E-state index is 14.1. The largest absolute Gasteiger partial charge is 0.473 e. The summed E-state index contributed by atoms with van der Waals surface area (Å²) in [4.78, 5) is 59.2. The molecule has 0 amide bonds. The molecule has 14 nitrogen and oxygen atoms in total. The van der Waals surface area contributed by atoms with Gasteiger partial charge in [0.15, 0.2) is 0 Å². The smallest absolute Gasteiger partial charge is 0.414 e. The number of nitrogens with zero attached hydrogens (tertiary/aromatic N) is 2. The van der Waals surface area contributed by atoms with Crippen LogP contribution in [0.5, 0.6) is 0 Å². The van der Waals surface area contributed by atoms with E-state index in [1.807, 2.05) is 6.92 Å². The molecule has 0 aliphatic heterocycles. The molecule has 0 saturated carbocycles. The van der Waals surface area contributed by atoms with Crippen LogP contribution in [-0.2, 0) is 43.5 Å². The van der Waals surface area contributed by atoms with Gasteiger partial charge >= 0.3 is 29.8 Å². The Labute approximate surface area is 263 Å². The van der Waals surface area contributed by atoms with Crippen molar-refractivity contribution in [2.45, 2.75) is 33.5 Å². The number of aryl methyl sites for hydroxylation is 1. The van der Waals surface area contributed by atoms with Crippen LogP contribution in [0, 0.1) is 18.6 Å². The number of halogens is 2. The summed E-state index contributed by atoms with van der Waals surface area (Å²) in [6.45, 7) is 4.64. The number of rotatable bonds is 9. The number of fused-ring (bicyclic) bond motifs is 1. The van der Waals surface area contributed by atoms with Crippen LogP contribution in [-0.4, -0.2) is 66.8 Å². The van der Waals surface area contributed by atoms with Crippen molar-refractivity contribution in [3.63, 3.8) is 0 Å². The van der Waals surface area contributed by atoms with E-state index in [1.165, 1.54) is 23.5 Å². The average molecular weight is 663 g/mol. The molecule has 0 atom stereocenters. The van der Waals surface area contributed by atoms with Crippen LogP contribution in [0.4, 0.5) is 14.6 Å². The fourth-order valence-corrected chi connectivity index (χ4v) is 4.65. The Morgan fingerprint density at radius 1 is 0.783 bits per heavy atom. The molecule has 0 saturated heterocycles. The van der Waals surface area contributed by atoms with Gasteiger partial charge in [0.25, 0.3) is 0 Å². The number of carbonyl (C=O) groups is 5. The predicted octanol–water partition coefficient (Wildman–Crippen LogP) is 3.67. The molecule has 0 bridgehead atoms. The number of carboxylic acid groups (broad SMARTS) is 4. The van der Waals surface area contributed by atoms with Crippen molar-refractivity contribution < 1.29 is 57.9 Å². The molecule has 0 aliphatic rings. The van der Waals surface area contributed by atoms with Gasteiger partial charge < -0.3 is 35.8 Å². The number of nitrogens with one attached hydrogen (secondary N) is 2. The van der Waals surface area contributed by atoms with Crippen molar-refractivity contribution in [2.75, 3.05) is 11.9 Å². The summed E-state index contributed by atoms with van der Waals surface area (Å²) in [6, 6.07) is 13.0. The van der Waals surface area contributed by atoms with Gasteiger partial charge in [-0.05, 0) is 31.5 Å². The van der Waals surface area contributed by atoms with Crippen molar-refractivity contribution in [1.82, 2.24) is 15.3 Å². The number of hydrogen-bond donors (Lipinski definition) is 6. The second-order valence-electron chi connectivity index (χ2n) is 8.81. The van der Waals surface area contributed by atoms with E-state index >= 15 is 0 Å². The van der Waals surface area contributed by atoms with Crippen molar-refractivity contribution in [3.8, 4) is 0 Å². The molecule has 4 aromatic rings. The molecule has 0 aliphatic carbocycles. The molecule has 2 heterocycles. The van der Waals surface area contributed by atoms with Gasteiger partial charge in [-0.25, -0.2) is 42.7 Å². The monoisotopic (exact) mass is 662 g/mol. The second kappa shape index (κ2) is 17.7. The SMILES string of the molecule is CCOC(=O)c1sc2nc(CNCc3ccccc3F)nc(NCc3ccccc3F)c2c1C.O=C(O)C(=O)O.O=C(O)C(=O)O. The first-order valence-corrected chi connectivity index (χ1v) is 13.9. The van der Waals surface area contributed by atoms with Gasteiger partial charge in [0.2, 0.25) is 0 Å². The molecule has 6 N–H and O–H groups in total. The van der Waals surface area contributed by atoms with Crippen LogP contribution in [0.25, 0.3) is 10.2 Å². The van der Waals surface area contributed by atoms with E-state index in [4.69, 9.17) is 44.3 Å². The normalized spacial score (nSPS) is 10.1. The summed E-state index contributed by atoms with van der Waals surface area (Å²) >= 11 is 1.23. The van der Waals surface area contributed by atoms with Crippen LogP contribution in [0.1, 0.15) is 39.1 Å². The Bertz CT molecular complexity index is 1680. The first-order chi connectivity index (χ1) is 21.8. The maximum Gasteiger partial charge on any atom is 0.414 e. The number of aromatic nitrogens is 2. The van der Waals surface area contributed by atoms with Gasteiger partial charge in [-0.1, -0.05) is 36.4 Å². The third-order valence-corrected chi connectivity index (χ3v) is 6.79. The molecule has 46 heavy (non-hydrogen) atoms. The highest BCUT2D eigenvalue weighted by atomic mass is 32.1. The first-order valence-electron chi connectivity index (χ1n) is 13.1. The number of esters is 1. The standard InChI is InChI=1S/C25H24F2N4O2S.2C2H2O4/c1-3-33-25(32)22-15(2)21-23(29-13-17-9-5-7-11-19(17)27)30-20(31-24(21)34-22)14-28-12-16-8-4-6-10-18(16)26;2*3-1(4)2(5)6/h4-11,28H,3,12-14H2,1-2H3,(H,29,30,31);2*(H,3,4)(H,5,6). The third-order valence-electron chi connectivity index (χ3n) is 5.62. The minimum Gasteiger partial charge on any atom is -0.473 e. The van der Waals surface area contributed by atoms with Crippen molar-refractivity contribution in [2.24, 2.45) is 0 Å². The Hall–Kier alpha value is -5.55. The molecule has 244 valence electrons. The number of carbonyl (C=O) groups excluding carboxylic acids is 1. The van der Waals surface area contributed by atoms with E-state index in [0.717, 1.165) is 0 Å². The van der Waals surface area contributed by atoms with Gasteiger partial charge in [0.05, 0.1) is 18.5 Å². The lowest BCUT2D eigenvalue weighted by molar-refractivity contribution is -0.159. The second-order valence-corrected chi connectivity index (χ2v) is 9.80. The van der Waals surface area contributed by atoms with Crippen LogP contribution in [0.3, 0.4) is 0 Å². The summed E-state index contributed by atoms with van der Waals surface area (Å²) in [5.41, 5.74) is 1.74. The Kier molecular flexibility index (Phi) is 14.1. The molecule has 2 aromatic heterocycles. The Morgan fingerprint density at radius 3 is 1.76 bits per heavy atom. The lowest BCUT2D eigenvalue weighted by atomic mass is 10.2. The zero-order valence-electron chi connectivity index (χ0n) is 24.2. The van der Waals surface area contributed by atoms with Crippen LogP contribution in [0.15, 0.2) is 48.5 Å². The summed E-state index contributed by atoms with van der Waals surface area (Å²) in [7, 11) is 0. The van der Waals surface area contributed by atoms with E-state index < -0.39 is 29.8 Å². The van der Waals surface area contributed by atoms with E-state index in [1.54, 1.807) is 43.3 Å². The highest BCUT2D eigenvalue weighted by molar-refractivity contribution is 7.20. The molecular formula is C29H28F2N4O10S. The van der Waals surface area contributed by atoms with Crippen molar-refractivity contribution in [3.05, 3.63) is 87.6 Å². The third kappa shape index (κ3) is 10.9. The summed E-state index contributed by atoms with van der Waals surface area (Å²) < 4.78 is 33.2. The highest BCUT2D eigenvalue weighted by Crippen LogP contribution is 2.34. The van der Waals surface area contributed by atoms with Crippen LogP contribution in [0.2, 0.25) is 0 Å². The van der Waals surface area contributed by atoms with Crippen molar-refractivity contribution >= 4 is 57.2 Å². The zero-order valence-corrected chi connectivity index (χ0v) is 25.1. The number of carboxylic acids is 4. The Morgan fingerprint density at radius 2 is 1.28 bits per heavy atom. The van der Waals surface area contributed by atoms with E-state index in [2.05, 4.69) is 20.6 Å². The zero-order chi connectivity index (χ0) is 34.4. The number of ether oxygens (including phenoxy) is 1. The summed E-state index contributed by atoms with van der Waals surface area (Å²) in [5.74, 6) is -7.35. The van der Waals surface area contributed by atoms with Crippen LogP contribution < -0.4 is 10.6 Å². The summed E-state index contributed by atoms with van der Waals surface area (Å²) in [6.07, 6.45) is 0. The van der Waals surface area contributed by atoms with Gasteiger partial charge in [0, 0.05) is 24.2 Å². The van der Waals surface area contributed by atoms with E-state index in [-0.39, 0.29) is 31.3 Å². The van der Waals surface area contributed by atoms with Gasteiger partial charge in [-0.15, -0.1) is 11.3 Å². The minimum atomic E-state index is -1.82. The fourth-order valence-electron chi connectivity index (χ4n) is 3.55. The number of aliphatic carboxylic acids is 4. The Balaban J connectivity index is 0.000000522. The van der Waals surface area contributed by atoms with Crippen molar-refractivity contribution in [1.29, 1.82) is 0 Å². The first kappa shape index (κ1) is 36.6. The maximum atomic E-state index is 14.1. The average Bonchev–Trinajstić information content (AvgIpc) is 3.34. The van der Waals surface area contributed by atoms with Gasteiger partial charge in [-0.2, -0.15) is 0 Å². The van der Waals surface area contributed by atoms with Gasteiger partial charge in [0.1, 0.15) is 33.0 Å². The number of anilines is 1. The number of benzene rings is 2. The molecular weight excluding hydrogens is 634 g/mol. The lowest BCUT2D eigenvalue weighted by Crippen LogP contribution is -2.16. The molecule has 4 rings (SSSR count). The molecule has 0 spiro atoms. The minimum absolute atomic E-state index is 0.213. The summed E-state index contributed by atoms with van der Waals surface area (Å²) in [5, 5.41) is 36.6. The lowest BCUT2D eigenvalue weighted by Gasteiger charge is -2.11. The van der Waals surface area contributed by atoms with E-state index in [9.17, 15) is 13.6 Å². The molecule has 0 radical (unpaired) electrons. The molecule has 17 heteroatoms. The number of hydrogen-bond acceptors (Lipinski definition) is 11. The number of thiophene rings is 1. The quantitative estimate of drug-likeness (QED) is 0.111. The molecule has 2 aromatic carbocycles.